The largest absolute Gasteiger partial charge is 0.493 e. The van der Waals surface area contributed by atoms with Crippen LogP contribution in [0, 0.1) is 0 Å². The molecule has 4 nitrogen and oxygen atoms in total. The van der Waals surface area contributed by atoms with Crippen LogP contribution in [0.5, 0.6) is 5.88 Å². The van der Waals surface area contributed by atoms with Gasteiger partial charge in [-0.2, -0.15) is 4.98 Å². The van der Waals surface area contributed by atoms with Crippen molar-refractivity contribution in [2.75, 3.05) is 5.75 Å². The minimum Gasteiger partial charge on any atom is -0.493 e. The zero-order valence-electron chi connectivity index (χ0n) is 10.8. The van der Waals surface area contributed by atoms with Crippen LogP contribution in [0.4, 0.5) is 0 Å². The first kappa shape index (κ1) is 13.5. The summed E-state index contributed by atoms with van der Waals surface area (Å²) >= 11 is 1.56. The van der Waals surface area contributed by atoms with E-state index in [-0.39, 0.29) is 17.5 Å². The van der Waals surface area contributed by atoms with Crippen molar-refractivity contribution < 1.29 is 5.11 Å². The number of rotatable bonds is 4. The third kappa shape index (κ3) is 3.07. The summed E-state index contributed by atoms with van der Waals surface area (Å²) in [6.07, 6.45) is 6.74. The third-order valence-corrected chi connectivity index (χ3v) is 4.44. The quantitative estimate of drug-likeness (QED) is 0.674. The van der Waals surface area contributed by atoms with Crippen LogP contribution in [0.15, 0.2) is 16.0 Å². The van der Waals surface area contributed by atoms with Crippen LogP contribution in [0.3, 0.4) is 0 Å². The Morgan fingerprint density at radius 1 is 1.44 bits per heavy atom. The van der Waals surface area contributed by atoms with Crippen LogP contribution in [-0.4, -0.2) is 20.4 Å². The first-order valence-electron chi connectivity index (χ1n) is 6.67. The van der Waals surface area contributed by atoms with Crippen LogP contribution < -0.4 is 5.56 Å². The van der Waals surface area contributed by atoms with Gasteiger partial charge >= 0.3 is 0 Å². The zero-order chi connectivity index (χ0) is 13.0. The standard InChI is InChI=1S/C13H20N2O2S/c1-2-8-18-13-14-11(16)9-12(17)15(13)10-6-4-3-5-7-10/h9-10,16H,2-8H2,1H3. The highest BCUT2D eigenvalue weighted by Crippen LogP contribution is 2.30. The Morgan fingerprint density at radius 3 is 2.83 bits per heavy atom. The maximum Gasteiger partial charge on any atom is 0.258 e. The molecular weight excluding hydrogens is 248 g/mol. The van der Waals surface area contributed by atoms with Gasteiger partial charge in [0.05, 0.1) is 6.07 Å². The molecule has 1 fully saturated rings. The molecule has 0 bridgehead atoms. The van der Waals surface area contributed by atoms with Crippen molar-refractivity contribution >= 4 is 11.8 Å². The second-order valence-electron chi connectivity index (χ2n) is 4.75. The fraction of sp³-hybridized carbons (Fsp3) is 0.692. The van der Waals surface area contributed by atoms with Crippen molar-refractivity contribution in [1.29, 1.82) is 0 Å². The Hall–Kier alpha value is -0.970. The van der Waals surface area contributed by atoms with E-state index in [9.17, 15) is 9.90 Å². The highest BCUT2D eigenvalue weighted by Gasteiger charge is 2.20. The maximum absolute atomic E-state index is 12.1. The molecule has 0 aromatic carbocycles. The minimum absolute atomic E-state index is 0.118. The maximum atomic E-state index is 12.1. The third-order valence-electron chi connectivity index (χ3n) is 3.28. The van der Waals surface area contributed by atoms with Gasteiger partial charge in [0.25, 0.3) is 5.56 Å². The minimum atomic E-state index is -0.161. The van der Waals surface area contributed by atoms with E-state index >= 15 is 0 Å². The van der Waals surface area contributed by atoms with E-state index in [0.29, 0.717) is 5.16 Å². The molecule has 1 N–H and O–H groups in total. The van der Waals surface area contributed by atoms with Gasteiger partial charge in [-0.3, -0.25) is 9.36 Å². The molecule has 1 saturated carbocycles. The Balaban J connectivity index is 2.33. The smallest absolute Gasteiger partial charge is 0.258 e. The van der Waals surface area contributed by atoms with Crippen LogP contribution in [0.2, 0.25) is 0 Å². The fourth-order valence-corrected chi connectivity index (χ4v) is 3.35. The van der Waals surface area contributed by atoms with E-state index in [2.05, 4.69) is 11.9 Å². The SMILES string of the molecule is CCCSc1nc(O)cc(=O)n1C1CCCCC1. The Morgan fingerprint density at radius 2 is 2.17 bits per heavy atom. The van der Waals surface area contributed by atoms with Crippen molar-refractivity contribution in [3.8, 4) is 5.88 Å². The van der Waals surface area contributed by atoms with Gasteiger partial charge in [-0.15, -0.1) is 0 Å². The lowest BCUT2D eigenvalue weighted by atomic mass is 9.95. The number of nitrogens with zero attached hydrogens (tertiary/aromatic N) is 2. The molecule has 0 aliphatic heterocycles. The molecule has 5 heteroatoms. The monoisotopic (exact) mass is 268 g/mol. The normalized spacial score (nSPS) is 16.9. The fourth-order valence-electron chi connectivity index (χ4n) is 2.43. The summed E-state index contributed by atoms with van der Waals surface area (Å²) in [6.45, 7) is 2.10. The second-order valence-corrected chi connectivity index (χ2v) is 5.81. The Bertz CT molecular complexity index is 453. The van der Waals surface area contributed by atoms with E-state index in [4.69, 9.17) is 0 Å². The molecular formula is C13H20N2O2S. The van der Waals surface area contributed by atoms with Crippen molar-refractivity contribution in [1.82, 2.24) is 9.55 Å². The topological polar surface area (TPSA) is 55.1 Å². The molecule has 0 amide bonds. The first-order chi connectivity index (χ1) is 8.72. The molecule has 18 heavy (non-hydrogen) atoms. The Kier molecular flexibility index (Phi) is 4.69. The predicted octanol–water partition coefficient (Wildman–Crippen LogP) is 2.96. The summed E-state index contributed by atoms with van der Waals surface area (Å²) in [4.78, 5) is 16.2. The van der Waals surface area contributed by atoms with Gasteiger partial charge in [0.1, 0.15) is 0 Å². The van der Waals surface area contributed by atoms with Crippen LogP contribution >= 0.6 is 11.8 Å². The summed E-state index contributed by atoms with van der Waals surface area (Å²) in [5.41, 5.74) is -0.118. The van der Waals surface area contributed by atoms with Gasteiger partial charge in [-0.25, -0.2) is 0 Å². The van der Waals surface area contributed by atoms with Gasteiger partial charge in [0, 0.05) is 11.8 Å². The van der Waals surface area contributed by atoms with Gasteiger partial charge in [0.15, 0.2) is 5.16 Å². The lowest BCUT2D eigenvalue weighted by Gasteiger charge is -2.25. The molecule has 1 aromatic heterocycles. The highest BCUT2D eigenvalue weighted by molar-refractivity contribution is 7.99. The molecule has 1 aliphatic rings. The van der Waals surface area contributed by atoms with Gasteiger partial charge in [0.2, 0.25) is 5.88 Å². The Labute approximate surface area is 111 Å². The summed E-state index contributed by atoms with van der Waals surface area (Å²) in [7, 11) is 0. The van der Waals surface area contributed by atoms with Crippen molar-refractivity contribution in [2.24, 2.45) is 0 Å². The molecule has 2 rings (SSSR count). The molecule has 0 saturated heterocycles. The second kappa shape index (κ2) is 6.27. The molecule has 1 aliphatic carbocycles. The first-order valence-corrected chi connectivity index (χ1v) is 7.66. The van der Waals surface area contributed by atoms with Crippen molar-refractivity contribution in [2.45, 2.75) is 56.6 Å². The lowest BCUT2D eigenvalue weighted by molar-refractivity contribution is 0.317. The highest BCUT2D eigenvalue weighted by atomic mass is 32.2. The molecule has 1 aromatic rings. The van der Waals surface area contributed by atoms with Gasteiger partial charge in [-0.1, -0.05) is 37.9 Å². The summed E-state index contributed by atoms with van der Waals surface area (Å²) < 4.78 is 1.79. The van der Waals surface area contributed by atoms with Crippen LogP contribution in [-0.2, 0) is 0 Å². The van der Waals surface area contributed by atoms with Crippen molar-refractivity contribution in [3.05, 3.63) is 16.4 Å². The lowest BCUT2D eigenvalue weighted by Crippen LogP contribution is -2.28. The summed E-state index contributed by atoms with van der Waals surface area (Å²) in [5.74, 6) is 0.758. The molecule has 100 valence electrons. The van der Waals surface area contributed by atoms with Gasteiger partial charge < -0.3 is 5.11 Å². The molecule has 0 atom stereocenters. The van der Waals surface area contributed by atoms with Crippen LogP contribution in [0.1, 0.15) is 51.5 Å². The van der Waals surface area contributed by atoms with E-state index < -0.39 is 0 Å². The average molecular weight is 268 g/mol. The van der Waals surface area contributed by atoms with Gasteiger partial charge in [-0.05, 0) is 19.3 Å². The van der Waals surface area contributed by atoms with Crippen LogP contribution in [0.25, 0.3) is 0 Å². The van der Waals surface area contributed by atoms with E-state index in [1.807, 2.05) is 0 Å². The number of aromatic hydroxyl groups is 1. The number of hydrogen-bond acceptors (Lipinski definition) is 4. The molecule has 0 spiro atoms. The predicted molar refractivity (Wildman–Crippen MR) is 73.3 cm³/mol. The zero-order valence-corrected chi connectivity index (χ0v) is 11.6. The number of aromatic nitrogens is 2. The van der Waals surface area contributed by atoms with E-state index in [1.54, 1.807) is 16.3 Å². The van der Waals surface area contributed by atoms with Crippen molar-refractivity contribution in [3.63, 3.8) is 0 Å². The average Bonchev–Trinajstić information content (AvgIpc) is 2.36. The molecule has 0 unspecified atom stereocenters. The molecule has 0 radical (unpaired) electrons. The number of thioether (sulfide) groups is 1. The molecule has 1 heterocycles. The summed E-state index contributed by atoms with van der Waals surface area (Å²) in [6, 6.07) is 1.49. The summed E-state index contributed by atoms with van der Waals surface area (Å²) in [5, 5.41) is 10.2. The van der Waals surface area contributed by atoms with E-state index in [1.165, 1.54) is 25.3 Å². The van der Waals surface area contributed by atoms with E-state index in [0.717, 1.165) is 25.0 Å². The number of hydrogen-bond donors (Lipinski definition) is 1.